The van der Waals surface area contributed by atoms with E-state index in [2.05, 4.69) is 9.98 Å². The molecule has 1 aliphatic rings. The van der Waals surface area contributed by atoms with E-state index in [0.29, 0.717) is 24.5 Å². The van der Waals surface area contributed by atoms with Crippen molar-refractivity contribution in [2.24, 2.45) is 10.7 Å². The third-order valence-corrected chi connectivity index (χ3v) is 7.08. The number of hydrogen-bond acceptors (Lipinski definition) is 10. The van der Waals surface area contributed by atoms with E-state index in [1.54, 1.807) is 18.2 Å². The van der Waals surface area contributed by atoms with Gasteiger partial charge in [0.25, 0.3) is 11.8 Å². The summed E-state index contributed by atoms with van der Waals surface area (Å²) in [6.45, 7) is 3.29. The molecule has 0 saturated heterocycles. The summed E-state index contributed by atoms with van der Waals surface area (Å²) in [7, 11) is 1.86. The molecule has 0 amide bonds. The minimum Gasteiger partial charge on any atom is -0.504 e. The third-order valence-electron chi connectivity index (χ3n) is 7.08. The lowest BCUT2D eigenvalue weighted by Gasteiger charge is -2.37. The van der Waals surface area contributed by atoms with Gasteiger partial charge in [-0.3, -0.25) is 15.2 Å². The smallest absolute Gasteiger partial charge is 0.328 e. The number of ether oxygens (including phenoxy) is 2. The molecule has 13 nitrogen and oxygen atoms in total. The minimum absolute atomic E-state index is 0.0850. The molecule has 0 aliphatic carbocycles. The number of likely N-dealkylation sites (N-methyl/N-ethyl adjacent to an activating group) is 1. The third kappa shape index (κ3) is 7.03. The van der Waals surface area contributed by atoms with Crippen molar-refractivity contribution in [1.82, 2.24) is 9.88 Å². The van der Waals surface area contributed by atoms with Crippen molar-refractivity contribution in [2.45, 2.75) is 32.2 Å². The van der Waals surface area contributed by atoms with Crippen LogP contribution in [0.1, 0.15) is 37.8 Å². The summed E-state index contributed by atoms with van der Waals surface area (Å²) in [4.78, 5) is 34.6. The van der Waals surface area contributed by atoms with Crippen molar-refractivity contribution in [2.75, 3.05) is 31.6 Å². The fourth-order valence-electron chi connectivity index (χ4n) is 4.56. The number of amidine groups is 2. The highest BCUT2D eigenvalue weighted by Crippen LogP contribution is 2.42. The Balaban J connectivity index is 1.88. The second-order valence-electron chi connectivity index (χ2n) is 10.7. The normalized spacial score (nSPS) is 12.9. The Bertz CT molecular complexity index is 1680. The number of phenolic OH excluding ortho intramolecular Hbond substituents is 1. The highest BCUT2D eigenvalue weighted by atomic mass is 19.1. The van der Waals surface area contributed by atoms with Gasteiger partial charge in [0.05, 0.1) is 6.54 Å². The fourth-order valence-corrected chi connectivity index (χ4v) is 4.56. The molecule has 2 aromatic carbocycles. The van der Waals surface area contributed by atoms with E-state index in [9.17, 15) is 19.8 Å². The number of nitrogen functional groups attached to an aromatic ring is 1. The van der Waals surface area contributed by atoms with E-state index in [4.69, 9.17) is 25.7 Å². The molecule has 0 atom stereocenters. The summed E-state index contributed by atoms with van der Waals surface area (Å²) >= 11 is 0. The molecule has 1 aliphatic heterocycles. The number of nitrogens with one attached hydrogen (secondary N) is 1. The van der Waals surface area contributed by atoms with Gasteiger partial charge < -0.3 is 40.3 Å². The zero-order chi connectivity index (χ0) is 33.1. The largest absolute Gasteiger partial charge is 0.504 e. The maximum Gasteiger partial charge on any atom is 0.328 e. The molecule has 0 bridgehead atoms. The number of phenols is 1. The number of benzene rings is 2. The first-order chi connectivity index (χ1) is 21.2. The van der Waals surface area contributed by atoms with Crippen molar-refractivity contribution in [3.8, 4) is 29.0 Å². The number of pyridine rings is 1. The maximum absolute atomic E-state index is 16.3. The van der Waals surface area contributed by atoms with Crippen LogP contribution in [0.15, 0.2) is 47.5 Å². The van der Waals surface area contributed by atoms with Gasteiger partial charge in [-0.15, -0.1) is 0 Å². The number of nitrogens with two attached hydrogens (primary N) is 1. The van der Waals surface area contributed by atoms with E-state index >= 15 is 8.78 Å². The van der Waals surface area contributed by atoms with Crippen LogP contribution in [0, 0.1) is 17.0 Å². The van der Waals surface area contributed by atoms with Gasteiger partial charge in [-0.2, -0.15) is 13.8 Å². The molecule has 2 heterocycles. The lowest BCUT2D eigenvalue weighted by molar-refractivity contribution is -0.142. The molecule has 15 heteroatoms. The highest BCUT2D eigenvalue weighted by molar-refractivity contribution is 6.00. The van der Waals surface area contributed by atoms with E-state index in [0.717, 1.165) is 17.0 Å². The van der Waals surface area contributed by atoms with Crippen LogP contribution in [0.5, 0.6) is 29.0 Å². The van der Waals surface area contributed by atoms with Crippen LogP contribution < -0.4 is 20.1 Å². The number of aliphatic carboxylic acids is 2. The number of halogens is 2. The number of anilines is 1. The maximum atomic E-state index is 16.3. The topological polar surface area (TPSA) is 195 Å². The Morgan fingerprint density at radius 3 is 2.40 bits per heavy atom. The van der Waals surface area contributed by atoms with E-state index in [-0.39, 0.29) is 23.6 Å². The van der Waals surface area contributed by atoms with Gasteiger partial charge in [-0.05, 0) is 50.6 Å². The molecule has 0 saturated carbocycles. The second-order valence-corrected chi connectivity index (χ2v) is 10.7. The summed E-state index contributed by atoms with van der Waals surface area (Å²) in [6, 6.07) is 10.1. The number of aromatic nitrogens is 1. The van der Waals surface area contributed by atoms with Gasteiger partial charge >= 0.3 is 11.9 Å². The molecule has 0 unspecified atom stereocenters. The zero-order valence-electron chi connectivity index (χ0n) is 24.7. The molecule has 4 rings (SSSR count). The van der Waals surface area contributed by atoms with Crippen LogP contribution in [0.4, 0.5) is 14.5 Å². The van der Waals surface area contributed by atoms with Crippen LogP contribution in [0.25, 0.3) is 0 Å². The number of carbonyl (C=O) groups is 2. The number of hydrogen-bond donors (Lipinski definition) is 5. The number of rotatable bonds is 13. The Morgan fingerprint density at radius 2 is 1.80 bits per heavy atom. The predicted octanol–water partition coefficient (Wildman–Crippen LogP) is 4.16. The fraction of sp³-hybridized carbons (Fsp3) is 0.300. The Labute approximate surface area is 256 Å². The lowest BCUT2D eigenvalue weighted by Crippen LogP contribution is -2.51. The Hall–Kier alpha value is -5.47. The SMILES string of the molecule is CN1CCN=C1c1cccc(Oc2nc(Oc3cc(C(=N)N)ccc3O)c(F)c(N(CCCC(=O)O)C(C)(C)C(=O)O)c2F)c1. The molecule has 0 radical (unpaired) electrons. The quantitative estimate of drug-likeness (QED) is 0.135. The van der Waals surface area contributed by atoms with Gasteiger partial charge in [0.1, 0.15) is 28.6 Å². The molecule has 1 aromatic heterocycles. The van der Waals surface area contributed by atoms with Gasteiger partial charge in [0.15, 0.2) is 11.5 Å². The monoisotopic (exact) mass is 626 g/mol. The number of carboxylic acid groups (broad SMARTS) is 2. The predicted molar refractivity (Wildman–Crippen MR) is 160 cm³/mol. The van der Waals surface area contributed by atoms with Gasteiger partial charge in [-0.25, -0.2) is 4.79 Å². The average Bonchev–Trinajstić information content (AvgIpc) is 3.41. The van der Waals surface area contributed by atoms with E-state index in [1.165, 1.54) is 26.0 Å². The van der Waals surface area contributed by atoms with E-state index < -0.39 is 71.0 Å². The highest BCUT2D eigenvalue weighted by Gasteiger charge is 2.40. The second kappa shape index (κ2) is 13.0. The van der Waals surface area contributed by atoms with Crippen LogP contribution in [-0.2, 0) is 9.59 Å². The lowest BCUT2D eigenvalue weighted by atomic mass is 10.0. The minimum atomic E-state index is -1.96. The molecule has 3 aromatic rings. The van der Waals surface area contributed by atoms with Crippen LogP contribution in [0.3, 0.4) is 0 Å². The Kier molecular flexibility index (Phi) is 9.40. The zero-order valence-corrected chi connectivity index (χ0v) is 24.7. The molecule has 6 N–H and O–H groups in total. The molecular formula is C30H32F2N6O7. The number of aliphatic imine (C=N–C) groups is 1. The van der Waals surface area contributed by atoms with Crippen molar-refractivity contribution in [1.29, 1.82) is 5.41 Å². The van der Waals surface area contributed by atoms with Crippen molar-refractivity contribution < 1.29 is 43.2 Å². The number of aromatic hydroxyl groups is 1. The van der Waals surface area contributed by atoms with Crippen molar-refractivity contribution in [3.63, 3.8) is 0 Å². The van der Waals surface area contributed by atoms with Gasteiger partial charge in [-0.1, -0.05) is 12.1 Å². The van der Waals surface area contributed by atoms with Gasteiger partial charge in [0.2, 0.25) is 11.6 Å². The first-order valence-electron chi connectivity index (χ1n) is 13.7. The standard InChI is InChI=1S/C30H32F2N6O7/c1-30(2,29(42)43)38(12-5-8-21(40)41)24-22(31)27(44-18-7-4-6-17(14-18)26-35-11-13-37(26)3)36-28(23(24)32)45-20-15-16(25(33)34)9-10-19(20)39/h4,6-7,9-10,14-15,39H,5,8,11-13H2,1-3H3,(H3,33,34)(H,40,41)(H,42,43). The first kappa shape index (κ1) is 32.4. The molecule has 0 spiro atoms. The number of nitrogens with zero attached hydrogens (tertiary/aromatic N) is 4. The van der Waals surface area contributed by atoms with Crippen molar-refractivity contribution in [3.05, 3.63) is 65.2 Å². The van der Waals surface area contributed by atoms with Crippen LogP contribution in [0.2, 0.25) is 0 Å². The van der Waals surface area contributed by atoms with Gasteiger partial charge in [0, 0.05) is 37.7 Å². The average molecular weight is 627 g/mol. The van der Waals surface area contributed by atoms with Crippen molar-refractivity contribution >= 4 is 29.3 Å². The molecular weight excluding hydrogens is 594 g/mol. The first-order valence-corrected chi connectivity index (χ1v) is 13.7. The summed E-state index contributed by atoms with van der Waals surface area (Å²) in [5, 5.41) is 37.2. The van der Waals surface area contributed by atoms with Crippen LogP contribution in [-0.4, -0.2) is 81.0 Å². The summed E-state index contributed by atoms with van der Waals surface area (Å²) < 4.78 is 43.9. The number of carboxylic acids is 2. The summed E-state index contributed by atoms with van der Waals surface area (Å²) in [6.07, 6.45) is -0.581. The summed E-state index contributed by atoms with van der Waals surface area (Å²) in [5.74, 6) is -7.70. The molecule has 238 valence electrons. The summed E-state index contributed by atoms with van der Waals surface area (Å²) in [5.41, 5.74) is 3.42. The molecule has 0 fully saturated rings. The molecule has 45 heavy (non-hydrogen) atoms. The Morgan fingerprint density at radius 1 is 1.11 bits per heavy atom. The van der Waals surface area contributed by atoms with E-state index in [1.807, 2.05) is 11.9 Å². The van der Waals surface area contributed by atoms with Crippen LogP contribution >= 0.6 is 0 Å².